The number of cyclic esters (lactones) is 1. The lowest BCUT2D eigenvalue weighted by Gasteiger charge is -2.28. The summed E-state index contributed by atoms with van der Waals surface area (Å²) in [6, 6.07) is 15.7. The molecule has 5 rings (SSSR count). The van der Waals surface area contributed by atoms with Gasteiger partial charge in [-0.1, -0.05) is 159 Å². The van der Waals surface area contributed by atoms with Gasteiger partial charge in [-0.2, -0.15) is 0 Å². The van der Waals surface area contributed by atoms with Crippen LogP contribution in [0.1, 0.15) is 141 Å². The molecule has 14 heteroatoms. The molecular formula is C48H65ClN4O8S. The summed E-state index contributed by atoms with van der Waals surface area (Å²) in [4.78, 5) is 57.8. The van der Waals surface area contributed by atoms with E-state index in [4.69, 9.17) is 21.1 Å². The molecule has 3 aromatic carbocycles. The molecule has 0 spiro atoms. The highest BCUT2D eigenvalue weighted by Crippen LogP contribution is 2.34. The number of hydrogen-bond donors (Lipinski definition) is 2. The zero-order valence-corrected chi connectivity index (χ0v) is 38.1. The van der Waals surface area contributed by atoms with Gasteiger partial charge in [-0.05, 0) is 67.6 Å². The van der Waals surface area contributed by atoms with Gasteiger partial charge < -0.3 is 19.7 Å². The number of nitrogens with one attached hydrogen (secondary N) is 2. The van der Waals surface area contributed by atoms with E-state index in [1.807, 2.05) is 19.1 Å². The highest BCUT2D eigenvalue weighted by molar-refractivity contribution is 7.92. The molecule has 4 amide bonds. The van der Waals surface area contributed by atoms with Gasteiger partial charge in [-0.3, -0.25) is 19.1 Å². The number of fused-ring (bicyclic) bond motifs is 1. The minimum absolute atomic E-state index is 0.0595. The van der Waals surface area contributed by atoms with E-state index >= 15 is 0 Å². The maximum Gasteiger partial charge on any atom is 0.418 e. The van der Waals surface area contributed by atoms with Gasteiger partial charge in [0.15, 0.2) is 6.10 Å². The van der Waals surface area contributed by atoms with E-state index in [0.29, 0.717) is 23.4 Å². The summed E-state index contributed by atoms with van der Waals surface area (Å²) < 4.78 is 41.4. The second kappa shape index (κ2) is 24.9. The van der Waals surface area contributed by atoms with E-state index in [1.165, 1.54) is 106 Å². The van der Waals surface area contributed by atoms with Crippen molar-refractivity contribution in [1.29, 1.82) is 0 Å². The lowest BCUT2D eigenvalue weighted by Crippen LogP contribution is -2.56. The van der Waals surface area contributed by atoms with Crippen LogP contribution in [0.3, 0.4) is 0 Å². The lowest BCUT2D eigenvalue weighted by atomic mass is 10.0. The number of carbonyl (C=O) groups excluding carboxylic acids is 4. The Hall–Kier alpha value is -4.62. The fraction of sp³-hybridized carbons (Fsp3) is 0.542. The van der Waals surface area contributed by atoms with Gasteiger partial charge in [0.05, 0.1) is 27.9 Å². The monoisotopic (exact) mass is 892 g/mol. The summed E-state index contributed by atoms with van der Waals surface area (Å²) >= 11 is 6.27. The fourth-order valence-corrected chi connectivity index (χ4v) is 9.36. The first-order chi connectivity index (χ1) is 30.1. The van der Waals surface area contributed by atoms with Gasteiger partial charge in [0.1, 0.15) is 5.75 Å². The molecule has 2 N–H and O–H groups in total. The van der Waals surface area contributed by atoms with Crippen molar-refractivity contribution in [2.75, 3.05) is 28.1 Å². The van der Waals surface area contributed by atoms with Crippen LogP contribution in [0.2, 0.25) is 5.02 Å². The Kier molecular flexibility index (Phi) is 19.4. The number of para-hydroxylation sites is 2. The van der Waals surface area contributed by atoms with Gasteiger partial charge in [0.2, 0.25) is 6.04 Å². The topological polar surface area (TPSA) is 151 Å². The van der Waals surface area contributed by atoms with Crippen LogP contribution in [0.25, 0.3) is 0 Å². The summed E-state index contributed by atoms with van der Waals surface area (Å²) in [5, 5.41) is 2.87. The molecule has 0 radical (unpaired) electrons. The van der Waals surface area contributed by atoms with Crippen molar-refractivity contribution < 1.29 is 37.1 Å². The molecule has 0 aromatic heterocycles. The van der Waals surface area contributed by atoms with E-state index in [9.17, 15) is 27.6 Å². The van der Waals surface area contributed by atoms with E-state index in [-0.39, 0.29) is 46.6 Å². The molecule has 2 unspecified atom stereocenters. The third-order valence-electron chi connectivity index (χ3n) is 11.6. The smallest absolute Gasteiger partial charge is 0.418 e. The number of benzene rings is 3. The molecule has 0 aliphatic carbocycles. The van der Waals surface area contributed by atoms with E-state index in [0.717, 1.165) is 37.7 Å². The number of rotatable bonds is 28. The summed E-state index contributed by atoms with van der Waals surface area (Å²) in [7, 11) is -4.25. The van der Waals surface area contributed by atoms with Crippen LogP contribution in [0.15, 0.2) is 71.6 Å². The number of sulfonamides is 1. The molecule has 2 aliphatic heterocycles. The van der Waals surface area contributed by atoms with Crippen molar-refractivity contribution in [3.63, 3.8) is 0 Å². The molecule has 3 aromatic rings. The number of hydrogen-bond acceptors (Lipinski definition) is 8. The van der Waals surface area contributed by atoms with E-state index in [2.05, 4.69) is 17.0 Å². The molecule has 338 valence electrons. The van der Waals surface area contributed by atoms with E-state index in [1.54, 1.807) is 30.3 Å². The van der Waals surface area contributed by atoms with Crippen molar-refractivity contribution in [3.05, 3.63) is 77.3 Å². The largest absolute Gasteiger partial charge is 0.491 e. The molecule has 1 fully saturated rings. The number of carbonyl (C=O) groups is 4. The summed E-state index contributed by atoms with van der Waals surface area (Å²) in [5.41, 5.74) is 1.55. The van der Waals surface area contributed by atoms with Crippen molar-refractivity contribution in [2.24, 2.45) is 0 Å². The minimum atomic E-state index is -4.25. The molecule has 1 saturated heterocycles. The number of unbranched alkanes of at least 4 members (excludes halogenated alkanes) is 16. The van der Waals surface area contributed by atoms with Gasteiger partial charge >= 0.3 is 6.09 Å². The summed E-state index contributed by atoms with van der Waals surface area (Å²) in [6.45, 7) is 4.70. The quantitative estimate of drug-likeness (QED) is 0.0540. The molecule has 0 bridgehead atoms. The number of imide groups is 1. The number of ether oxygens (including phenoxy) is 2. The number of anilines is 3. The van der Waals surface area contributed by atoms with Gasteiger partial charge in [-0.25, -0.2) is 18.1 Å². The zero-order valence-electron chi connectivity index (χ0n) is 36.5. The summed E-state index contributed by atoms with van der Waals surface area (Å²) in [5.74, 6) is -2.45. The Morgan fingerprint density at radius 3 is 2.02 bits per heavy atom. The SMILES string of the molecule is CCCCCCCCCCCCCCCCCCOc1ccc(S(=O)(=O)Nc2ccccc2Cl)cc1NC(=O)C(C(=O)N1CCc2ccccc21)N1C(=O)OC(CCCC)C1=O. The molecule has 2 aliphatic rings. The first-order valence-electron chi connectivity index (χ1n) is 22.8. The Bertz CT molecular complexity index is 2060. The molecule has 2 heterocycles. The van der Waals surface area contributed by atoms with Gasteiger partial charge in [0, 0.05) is 12.2 Å². The second-order valence-electron chi connectivity index (χ2n) is 16.4. The Morgan fingerprint density at radius 1 is 0.774 bits per heavy atom. The normalized spacial score (nSPS) is 15.4. The van der Waals surface area contributed by atoms with Crippen LogP contribution in [0, 0.1) is 0 Å². The molecular weight excluding hydrogens is 828 g/mol. The zero-order chi connectivity index (χ0) is 44.3. The van der Waals surface area contributed by atoms with Crippen LogP contribution in [0.5, 0.6) is 5.75 Å². The molecule has 0 saturated carbocycles. The maximum atomic E-state index is 14.5. The standard InChI is InChI=1S/C48H65ClN4O8S/c1-3-5-7-8-9-10-11-12-13-14-15-16-17-18-19-24-34-60-42-31-30-37(62(58,59)51-39-27-22-21-26-38(39)49)35-40(42)50-45(54)44(53-46(55)43(29-6-4-2)61-48(53)57)47(56)52-33-32-36-25-20-23-28-41(36)52/h20-23,25-28,30-31,35,43-44,51H,3-19,24,29,32-34H2,1-2H3,(H,50,54). The lowest BCUT2D eigenvalue weighted by molar-refractivity contribution is -0.140. The van der Waals surface area contributed by atoms with Gasteiger partial charge in [0.25, 0.3) is 27.7 Å². The highest BCUT2D eigenvalue weighted by atomic mass is 35.5. The Labute approximate surface area is 373 Å². The first-order valence-corrected chi connectivity index (χ1v) is 24.7. The number of halogens is 1. The van der Waals surface area contributed by atoms with Crippen molar-refractivity contribution in [2.45, 2.75) is 159 Å². The van der Waals surface area contributed by atoms with Crippen molar-refractivity contribution >= 4 is 62.5 Å². The fourth-order valence-electron chi connectivity index (χ4n) is 8.01. The molecule has 62 heavy (non-hydrogen) atoms. The average Bonchev–Trinajstić information content (AvgIpc) is 3.81. The third-order valence-corrected chi connectivity index (χ3v) is 13.3. The minimum Gasteiger partial charge on any atom is -0.491 e. The highest BCUT2D eigenvalue weighted by Gasteiger charge is 2.51. The van der Waals surface area contributed by atoms with E-state index < -0.39 is 46.0 Å². The number of amides is 4. The average molecular weight is 894 g/mol. The van der Waals surface area contributed by atoms with Crippen LogP contribution < -0.4 is 19.7 Å². The maximum absolute atomic E-state index is 14.5. The van der Waals surface area contributed by atoms with Crippen LogP contribution in [-0.4, -0.2) is 62.4 Å². The predicted octanol–water partition coefficient (Wildman–Crippen LogP) is 11.2. The summed E-state index contributed by atoms with van der Waals surface area (Å²) in [6.07, 6.45) is 19.5. The van der Waals surface area contributed by atoms with Crippen LogP contribution in [0.4, 0.5) is 21.9 Å². The first kappa shape index (κ1) is 48.4. The second-order valence-corrected chi connectivity index (χ2v) is 18.5. The van der Waals surface area contributed by atoms with Crippen molar-refractivity contribution in [3.8, 4) is 5.75 Å². The number of nitrogens with zero attached hydrogens (tertiary/aromatic N) is 2. The predicted molar refractivity (Wildman–Crippen MR) is 245 cm³/mol. The Balaban J connectivity index is 1.26. The van der Waals surface area contributed by atoms with Gasteiger partial charge in [-0.15, -0.1) is 0 Å². The van der Waals surface area contributed by atoms with Crippen molar-refractivity contribution in [1.82, 2.24) is 4.90 Å². The van der Waals surface area contributed by atoms with Crippen LogP contribution in [-0.2, 0) is 35.6 Å². The molecule has 12 nitrogen and oxygen atoms in total. The Morgan fingerprint density at radius 2 is 1.37 bits per heavy atom. The molecule has 2 atom stereocenters. The third kappa shape index (κ3) is 13.7. The van der Waals surface area contributed by atoms with Crippen LogP contribution >= 0.6 is 11.6 Å².